The molecule has 1 aromatic carbocycles. The Kier molecular flexibility index (Phi) is 8.57. The minimum absolute atomic E-state index is 0. The lowest BCUT2D eigenvalue weighted by Gasteiger charge is -2.09. The predicted molar refractivity (Wildman–Crippen MR) is 82.0 cm³/mol. The molecular formula is C14H21ClFN3O2. The maximum atomic E-state index is 13.3. The van der Waals surface area contributed by atoms with E-state index in [1.165, 1.54) is 6.07 Å². The number of hydrogen-bond acceptors (Lipinski definition) is 3. The molecule has 5 nitrogen and oxygen atoms in total. The average Bonchev–Trinajstić information content (AvgIpc) is 2.36. The molecule has 4 N–H and O–H groups in total. The smallest absolute Gasteiger partial charge is 0.251 e. The van der Waals surface area contributed by atoms with E-state index in [-0.39, 0.29) is 48.8 Å². The van der Waals surface area contributed by atoms with Crippen molar-refractivity contribution in [1.29, 1.82) is 0 Å². The van der Waals surface area contributed by atoms with E-state index in [9.17, 15) is 14.0 Å². The molecule has 0 heterocycles. The van der Waals surface area contributed by atoms with Crippen molar-refractivity contribution in [3.05, 3.63) is 35.1 Å². The van der Waals surface area contributed by atoms with Crippen molar-refractivity contribution >= 4 is 24.2 Å². The highest BCUT2D eigenvalue weighted by atomic mass is 35.5. The quantitative estimate of drug-likeness (QED) is 0.688. The standard InChI is InChI=1S/C14H20FN3O2.ClH/c1-9-3-4-11(8-12(9)15)14(20)18-6-5-17-13(19)7-10(2)16;/h3-4,8,10H,5-7,16H2,1-2H3,(H,17,19)(H,18,20);1H. The Labute approximate surface area is 129 Å². The molecule has 0 aliphatic carbocycles. The lowest BCUT2D eigenvalue weighted by Crippen LogP contribution is -2.36. The van der Waals surface area contributed by atoms with E-state index in [4.69, 9.17) is 5.73 Å². The van der Waals surface area contributed by atoms with Crippen LogP contribution in [0.1, 0.15) is 29.3 Å². The number of amides is 2. The maximum Gasteiger partial charge on any atom is 0.251 e. The van der Waals surface area contributed by atoms with Gasteiger partial charge < -0.3 is 16.4 Å². The first-order valence-corrected chi connectivity index (χ1v) is 6.46. The van der Waals surface area contributed by atoms with Crippen molar-refractivity contribution in [2.24, 2.45) is 5.73 Å². The number of halogens is 2. The van der Waals surface area contributed by atoms with E-state index >= 15 is 0 Å². The van der Waals surface area contributed by atoms with Gasteiger partial charge in [-0.3, -0.25) is 9.59 Å². The van der Waals surface area contributed by atoms with Crippen molar-refractivity contribution in [2.45, 2.75) is 26.3 Å². The molecule has 0 aliphatic rings. The van der Waals surface area contributed by atoms with Gasteiger partial charge in [-0.2, -0.15) is 0 Å². The normalized spacial score (nSPS) is 11.2. The van der Waals surface area contributed by atoms with Gasteiger partial charge in [-0.25, -0.2) is 4.39 Å². The second-order valence-electron chi connectivity index (χ2n) is 4.75. The summed E-state index contributed by atoms with van der Waals surface area (Å²) in [6, 6.07) is 4.11. The fraction of sp³-hybridized carbons (Fsp3) is 0.429. The Morgan fingerprint density at radius 1 is 1.29 bits per heavy atom. The second kappa shape index (κ2) is 9.31. The lowest BCUT2D eigenvalue weighted by molar-refractivity contribution is -0.121. The first-order chi connectivity index (χ1) is 9.40. The molecular weight excluding hydrogens is 297 g/mol. The molecule has 118 valence electrons. The zero-order valence-electron chi connectivity index (χ0n) is 12.1. The van der Waals surface area contributed by atoms with E-state index in [1.807, 2.05) is 0 Å². The maximum absolute atomic E-state index is 13.3. The number of carbonyl (C=O) groups excluding carboxylic acids is 2. The first kappa shape index (κ1) is 19.3. The van der Waals surface area contributed by atoms with E-state index in [2.05, 4.69) is 10.6 Å². The molecule has 0 spiro atoms. The van der Waals surface area contributed by atoms with Crippen LogP contribution in [0.3, 0.4) is 0 Å². The van der Waals surface area contributed by atoms with Crippen LogP contribution >= 0.6 is 12.4 Å². The van der Waals surface area contributed by atoms with E-state index in [0.29, 0.717) is 12.1 Å². The number of nitrogens with one attached hydrogen (secondary N) is 2. The number of benzene rings is 1. The summed E-state index contributed by atoms with van der Waals surface area (Å²) in [6.45, 7) is 3.96. The van der Waals surface area contributed by atoms with E-state index < -0.39 is 5.82 Å². The van der Waals surface area contributed by atoms with Crippen molar-refractivity contribution in [1.82, 2.24) is 10.6 Å². The van der Waals surface area contributed by atoms with Crippen LogP contribution in [0, 0.1) is 12.7 Å². The third kappa shape index (κ3) is 7.06. The van der Waals surface area contributed by atoms with Gasteiger partial charge in [-0.15, -0.1) is 12.4 Å². The Balaban J connectivity index is 0.00000400. The number of rotatable bonds is 6. The van der Waals surface area contributed by atoms with Crippen molar-refractivity contribution in [3.63, 3.8) is 0 Å². The molecule has 7 heteroatoms. The Morgan fingerprint density at radius 2 is 1.90 bits per heavy atom. The summed E-state index contributed by atoms with van der Waals surface area (Å²) in [6.07, 6.45) is 0.247. The van der Waals surface area contributed by atoms with Gasteiger partial charge in [0.1, 0.15) is 5.82 Å². The van der Waals surface area contributed by atoms with Gasteiger partial charge in [-0.1, -0.05) is 6.07 Å². The first-order valence-electron chi connectivity index (χ1n) is 6.46. The molecule has 0 saturated heterocycles. The van der Waals surface area contributed by atoms with Gasteiger partial charge in [0.05, 0.1) is 0 Å². The molecule has 2 amide bonds. The minimum Gasteiger partial charge on any atom is -0.354 e. The minimum atomic E-state index is -0.414. The number of nitrogens with two attached hydrogens (primary N) is 1. The van der Waals surface area contributed by atoms with Gasteiger partial charge in [-0.05, 0) is 31.5 Å². The van der Waals surface area contributed by atoms with Crippen LogP contribution in [0.2, 0.25) is 0 Å². The summed E-state index contributed by atoms with van der Waals surface area (Å²) in [4.78, 5) is 23.0. The summed E-state index contributed by atoms with van der Waals surface area (Å²) in [5.74, 6) is -0.941. The Hall–Kier alpha value is -1.66. The molecule has 1 atom stereocenters. The average molecular weight is 318 g/mol. The molecule has 0 saturated carbocycles. The van der Waals surface area contributed by atoms with Gasteiger partial charge >= 0.3 is 0 Å². The molecule has 1 unspecified atom stereocenters. The fourth-order valence-corrected chi connectivity index (χ4v) is 1.58. The zero-order chi connectivity index (χ0) is 15.1. The number of carbonyl (C=O) groups is 2. The largest absolute Gasteiger partial charge is 0.354 e. The summed E-state index contributed by atoms with van der Waals surface area (Å²) in [5, 5.41) is 5.24. The van der Waals surface area contributed by atoms with Crippen molar-refractivity contribution in [2.75, 3.05) is 13.1 Å². The van der Waals surface area contributed by atoms with Crippen molar-refractivity contribution in [3.8, 4) is 0 Å². The summed E-state index contributed by atoms with van der Waals surface area (Å²) >= 11 is 0. The predicted octanol–water partition coefficient (Wildman–Crippen LogP) is 1.14. The summed E-state index contributed by atoms with van der Waals surface area (Å²) < 4.78 is 13.3. The van der Waals surface area contributed by atoms with Crippen molar-refractivity contribution < 1.29 is 14.0 Å². The monoisotopic (exact) mass is 317 g/mol. The molecule has 0 bridgehead atoms. The third-order valence-electron chi connectivity index (χ3n) is 2.67. The van der Waals surface area contributed by atoms with Gasteiger partial charge in [0.15, 0.2) is 0 Å². The van der Waals surface area contributed by atoms with Gasteiger partial charge in [0.2, 0.25) is 5.91 Å². The topological polar surface area (TPSA) is 84.2 Å². The third-order valence-corrected chi connectivity index (χ3v) is 2.67. The second-order valence-corrected chi connectivity index (χ2v) is 4.75. The molecule has 1 rings (SSSR count). The van der Waals surface area contributed by atoms with Crippen LogP contribution in [0.15, 0.2) is 18.2 Å². The summed E-state index contributed by atoms with van der Waals surface area (Å²) in [5.41, 5.74) is 6.23. The molecule has 0 aromatic heterocycles. The van der Waals surface area contributed by atoms with Gasteiger partial charge in [0, 0.05) is 31.1 Å². The molecule has 1 aromatic rings. The fourth-order valence-electron chi connectivity index (χ4n) is 1.58. The number of aryl methyl sites for hydroxylation is 1. The van der Waals surface area contributed by atoms with Crippen LogP contribution in [-0.4, -0.2) is 30.9 Å². The van der Waals surface area contributed by atoms with Crippen LogP contribution < -0.4 is 16.4 Å². The molecule has 0 aliphatic heterocycles. The summed E-state index contributed by atoms with van der Waals surface area (Å²) in [7, 11) is 0. The molecule has 21 heavy (non-hydrogen) atoms. The van der Waals surface area contributed by atoms with Crippen LogP contribution in [0.4, 0.5) is 4.39 Å². The van der Waals surface area contributed by atoms with E-state index in [0.717, 1.165) is 0 Å². The van der Waals surface area contributed by atoms with Crippen LogP contribution in [0.25, 0.3) is 0 Å². The lowest BCUT2D eigenvalue weighted by atomic mass is 10.1. The zero-order valence-corrected chi connectivity index (χ0v) is 12.9. The highest BCUT2D eigenvalue weighted by molar-refractivity contribution is 5.94. The Bertz CT molecular complexity index is 495. The SMILES string of the molecule is Cc1ccc(C(=O)NCCNC(=O)CC(C)N)cc1F.Cl. The van der Waals surface area contributed by atoms with E-state index in [1.54, 1.807) is 26.0 Å². The van der Waals surface area contributed by atoms with Crippen LogP contribution in [0.5, 0.6) is 0 Å². The molecule has 0 fully saturated rings. The van der Waals surface area contributed by atoms with Crippen LogP contribution in [-0.2, 0) is 4.79 Å². The van der Waals surface area contributed by atoms with Gasteiger partial charge in [0.25, 0.3) is 5.91 Å². The highest BCUT2D eigenvalue weighted by Crippen LogP contribution is 2.08. The number of hydrogen-bond donors (Lipinski definition) is 3. The Morgan fingerprint density at radius 3 is 2.48 bits per heavy atom. The molecule has 0 radical (unpaired) electrons. The highest BCUT2D eigenvalue weighted by Gasteiger charge is 2.08.